The molecule has 7 heteroatoms. The molecule has 2 rings (SSSR count). The van der Waals surface area contributed by atoms with E-state index < -0.39 is 5.41 Å². The van der Waals surface area contributed by atoms with Gasteiger partial charge in [-0.3, -0.25) is 9.59 Å². The molecule has 1 fully saturated rings. The van der Waals surface area contributed by atoms with Crippen molar-refractivity contribution in [1.29, 1.82) is 0 Å². The third-order valence-electron chi connectivity index (χ3n) is 3.75. The molecule has 0 aromatic carbocycles. The van der Waals surface area contributed by atoms with Crippen LogP contribution in [-0.2, 0) is 9.59 Å². The average molecular weight is 344 g/mol. The molecular formula is C15H22ClN3O2S. The van der Waals surface area contributed by atoms with Gasteiger partial charge in [0, 0.05) is 16.8 Å². The number of hydrogen-bond acceptors (Lipinski definition) is 4. The van der Waals surface area contributed by atoms with Crippen molar-refractivity contribution in [2.45, 2.75) is 46.6 Å². The molecule has 0 radical (unpaired) electrons. The van der Waals surface area contributed by atoms with Crippen LogP contribution in [0.5, 0.6) is 0 Å². The highest BCUT2D eigenvalue weighted by molar-refractivity contribution is 7.15. The van der Waals surface area contributed by atoms with E-state index in [0.29, 0.717) is 5.13 Å². The molecule has 1 aromatic heterocycles. The van der Waals surface area contributed by atoms with E-state index in [-0.39, 0.29) is 30.3 Å². The van der Waals surface area contributed by atoms with Gasteiger partial charge in [-0.05, 0) is 40.5 Å². The lowest BCUT2D eigenvalue weighted by Crippen LogP contribution is -2.46. The number of nitrogens with one attached hydrogen (secondary N) is 1. The number of carbonyl (C=O) groups excluding carboxylic acids is 2. The summed E-state index contributed by atoms with van der Waals surface area (Å²) in [5.41, 5.74) is 0.261. The number of carbonyl (C=O) groups is 2. The Morgan fingerprint density at radius 2 is 2.05 bits per heavy atom. The van der Waals surface area contributed by atoms with E-state index in [0.717, 1.165) is 23.4 Å². The minimum Gasteiger partial charge on any atom is -0.330 e. The second-order valence-corrected chi connectivity index (χ2v) is 7.86. The Bertz CT molecular complexity index is 562. The molecule has 0 aliphatic heterocycles. The smallest absolute Gasteiger partial charge is 0.245 e. The Balaban J connectivity index is 2.02. The number of amides is 2. The first-order chi connectivity index (χ1) is 10.2. The largest absolute Gasteiger partial charge is 0.330 e. The molecule has 1 heterocycles. The second kappa shape index (κ2) is 6.54. The van der Waals surface area contributed by atoms with Gasteiger partial charge >= 0.3 is 0 Å². The minimum atomic E-state index is -0.654. The van der Waals surface area contributed by atoms with Gasteiger partial charge in [0.15, 0.2) is 5.13 Å². The number of rotatable bonds is 6. The summed E-state index contributed by atoms with van der Waals surface area (Å²) in [6.45, 7) is 7.55. The monoisotopic (exact) mass is 343 g/mol. The zero-order chi connectivity index (χ0) is 16.5. The number of anilines is 1. The minimum absolute atomic E-state index is 0.0570. The van der Waals surface area contributed by atoms with Crippen LogP contribution in [-0.4, -0.2) is 40.2 Å². The van der Waals surface area contributed by atoms with Crippen LogP contribution in [0, 0.1) is 19.3 Å². The van der Waals surface area contributed by atoms with Crippen molar-refractivity contribution in [2.75, 3.05) is 17.7 Å². The van der Waals surface area contributed by atoms with Crippen LogP contribution in [0.1, 0.15) is 37.3 Å². The van der Waals surface area contributed by atoms with Gasteiger partial charge in [-0.2, -0.15) is 0 Å². The number of hydrogen-bond donors (Lipinski definition) is 1. The zero-order valence-corrected chi connectivity index (χ0v) is 15.0. The first-order valence-corrected chi connectivity index (χ1v) is 8.70. The molecule has 122 valence electrons. The first kappa shape index (κ1) is 17.2. The van der Waals surface area contributed by atoms with Crippen LogP contribution < -0.4 is 5.32 Å². The van der Waals surface area contributed by atoms with Gasteiger partial charge < -0.3 is 10.2 Å². The van der Waals surface area contributed by atoms with Crippen LogP contribution in [0.25, 0.3) is 0 Å². The molecule has 0 spiro atoms. The van der Waals surface area contributed by atoms with Crippen molar-refractivity contribution in [3.8, 4) is 0 Å². The van der Waals surface area contributed by atoms with E-state index in [1.807, 2.05) is 27.7 Å². The number of alkyl halides is 1. The van der Waals surface area contributed by atoms with E-state index in [4.69, 9.17) is 11.6 Å². The number of thiazole rings is 1. The van der Waals surface area contributed by atoms with E-state index in [1.165, 1.54) is 11.3 Å². The standard InChI is InChI=1S/C15H22ClN3O2S/c1-9-10(2)22-14(17-9)18-12(20)7-19(11-5-6-11)13(21)15(3,4)8-16/h11H,5-8H2,1-4H3,(H,17,18,20). The summed E-state index contributed by atoms with van der Waals surface area (Å²) >= 11 is 7.33. The molecule has 1 saturated carbocycles. The highest BCUT2D eigenvalue weighted by atomic mass is 35.5. The summed E-state index contributed by atoms with van der Waals surface area (Å²) in [6.07, 6.45) is 1.90. The molecule has 1 aliphatic carbocycles. The summed E-state index contributed by atoms with van der Waals surface area (Å²) in [5.74, 6) is -0.0346. The van der Waals surface area contributed by atoms with E-state index in [9.17, 15) is 9.59 Å². The predicted octanol–water partition coefficient (Wildman–Crippen LogP) is 2.95. The fourth-order valence-corrected chi connectivity index (χ4v) is 2.98. The van der Waals surface area contributed by atoms with Crippen LogP contribution in [0.2, 0.25) is 0 Å². The number of nitrogens with zero attached hydrogens (tertiary/aromatic N) is 2. The summed E-state index contributed by atoms with van der Waals surface area (Å²) in [7, 11) is 0. The topological polar surface area (TPSA) is 62.3 Å². The molecule has 1 aromatic rings. The van der Waals surface area contributed by atoms with Gasteiger partial charge in [0.1, 0.15) is 6.54 Å². The fourth-order valence-electron chi connectivity index (χ4n) is 2.04. The van der Waals surface area contributed by atoms with Gasteiger partial charge in [-0.1, -0.05) is 0 Å². The Morgan fingerprint density at radius 3 is 2.50 bits per heavy atom. The highest BCUT2D eigenvalue weighted by Crippen LogP contribution is 2.31. The summed E-state index contributed by atoms with van der Waals surface area (Å²) in [6, 6.07) is 0.167. The molecule has 0 atom stereocenters. The molecule has 0 unspecified atom stereocenters. The number of aromatic nitrogens is 1. The van der Waals surface area contributed by atoms with E-state index in [2.05, 4.69) is 10.3 Å². The third-order valence-corrected chi connectivity index (χ3v) is 5.41. The Morgan fingerprint density at radius 1 is 1.41 bits per heavy atom. The summed E-state index contributed by atoms with van der Waals surface area (Å²) in [5, 5.41) is 3.37. The molecule has 2 amide bonds. The average Bonchev–Trinajstić information content (AvgIpc) is 3.23. The first-order valence-electron chi connectivity index (χ1n) is 7.35. The Labute approximate surface area is 140 Å². The lowest BCUT2D eigenvalue weighted by atomic mass is 9.94. The maximum atomic E-state index is 12.6. The highest BCUT2D eigenvalue weighted by Gasteiger charge is 2.40. The molecule has 1 aliphatic rings. The van der Waals surface area contributed by atoms with Crippen molar-refractivity contribution in [2.24, 2.45) is 5.41 Å². The van der Waals surface area contributed by atoms with Crippen molar-refractivity contribution in [1.82, 2.24) is 9.88 Å². The van der Waals surface area contributed by atoms with Crippen molar-refractivity contribution < 1.29 is 9.59 Å². The van der Waals surface area contributed by atoms with Crippen molar-refractivity contribution >= 4 is 39.9 Å². The summed E-state index contributed by atoms with van der Waals surface area (Å²) in [4.78, 5) is 31.8. The lowest BCUT2D eigenvalue weighted by molar-refractivity contribution is -0.142. The molecule has 5 nitrogen and oxygen atoms in total. The Kier molecular flexibility index (Phi) is 5.12. The molecule has 1 N–H and O–H groups in total. The van der Waals surface area contributed by atoms with E-state index >= 15 is 0 Å². The van der Waals surface area contributed by atoms with Crippen LogP contribution in [0.3, 0.4) is 0 Å². The predicted molar refractivity (Wildman–Crippen MR) is 89.5 cm³/mol. The van der Waals surface area contributed by atoms with Crippen LogP contribution >= 0.6 is 22.9 Å². The molecule has 0 saturated heterocycles. The third kappa shape index (κ3) is 3.98. The maximum Gasteiger partial charge on any atom is 0.245 e. The number of halogens is 1. The fraction of sp³-hybridized carbons (Fsp3) is 0.667. The van der Waals surface area contributed by atoms with Crippen molar-refractivity contribution in [3.05, 3.63) is 10.6 Å². The van der Waals surface area contributed by atoms with Crippen LogP contribution in [0.15, 0.2) is 0 Å². The molecular weight excluding hydrogens is 322 g/mol. The molecule has 22 heavy (non-hydrogen) atoms. The quantitative estimate of drug-likeness (QED) is 0.808. The maximum absolute atomic E-state index is 12.6. The Hall–Kier alpha value is -1.14. The lowest BCUT2D eigenvalue weighted by Gasteiger charge is -2.30. The van der Waals surface area contributed by atoms with Gasteiger partial charge in [-0.15, -0.1) is 22.9 Å². The zero-order valence-electron chi connectivity index (χ0n) is 13.4. The van der Waals surface area contributed by atoms with E-state index in [1.54, 1.807) is 4.90 Å². The van der Waals surface area contributed by atoms with Crippen molar-refractivity contribution in [3.63, 3.8) is 0 Å². The van der Waals surface area contributed by atoms with Gasteiger partial charge in [0.2, 0.25) is 11.8 Å². The SMILES string of the molecule is Cc1nc(NC(=O)CN(C(=O)C(C)(C)CCl)C2CC2)sc1C. The van der Waals surface area contributed by atoms with Crippen LogP contribution in [0.4, 0.5) is 5.13 Å². The second-order valence-electron chi connectivity index (χ2n) is 6.39. The van der Waals surface area contributed by atoms with Gasteiger partial charge in [0.05, 0.1) is 11.1 Å². The van der Waals surface area contributed by atoms with Gasteiger partial charge in [-0.25, -0.2) is 4.98 Å². The van der Waals surface area contributed by atoms with Gasteiger partial charge in [0.25, 0.3) is 0 Å². The molecule has 0 bridgehead atoms. The number of aryl methyl sites for hydroxylation is 2. The summed E-state index contributed by atoms with van der Waals surface area (Å²) < 4.78 is 0. The normalized spacial score (nSPS) is 14.8.